The van der Waals surface area contributed by atoms with E-state index < -0.39 is 10.0 Å². The van der Waals surface area contributed by atoms with E-state index in [9.17, 15) is 8.42 Å². The molecule has 0 saturated carbocycles. The predicted molar refractivity (Wildman–Crippen MR) is 109 cm³/mol. The van der Waals surface area contributed by atoms with Gasteiger partial charge in [0, 0.05) is 26.6 Å². The van der Waals surface area contributed by atoms with Crippen molar-refractivity contribution in [3.63, 3.8) is 0 Å². The molecular weight excluding hydrogens is 416 g/mol. The number of halogens is 1. The molecule has 1 aliphatic heterocycles. The van der Waals surface area contributed by atoms with Gasteiger partial charge in [0.25, 0.3) is 0 Å². The maximum absolute atomic E-state index is 12.7. The van der Waals surface area contributed by atoms with E-state index in [1.165, 1.54) is 31.1 Å². The van der Waals surface area contributed by atoms with E-state index in [1.54, 1.807) is 6.07 Å². The summed E-state index contributed by atoms with van der Waals surface area (Å²) in [6.45, 7) is 1.64. The molecule has 0 bridgehead atoms. The van der Waals surface area contributed by atoms with Crippen LogP contribution in [0.2, 0.25) is 0 Å². The van der Waals surface area contributed by atoms with Gasteiger partial charge >= 0.3 is 0 Å². The lowest BCUT2D eigenvalue weighted by atomic mass is 9.88. The Morgan fingerprint density at radius 1 is 1.15 bits per heavy atom. The Labute approximate surface area is 166 Å². The Morgan fingerprint density at radius 3 is 2.46 bits per heavy atom. The number of hydrogen-bond acceptors (Lipinski definition) is 4. The molecule has 0 radical (unpaired) electrons. The normalized spacial score (nSPS) is 17.2. The number of fused-ring (bicyclic) bond motifs is 1. The summed E-state index contributed by atoms with van der Waals surface area (Å²) in [5.41, 5.74) is 3.40. The fourth-order valence-electron chi connectivity index (χ4n) is 3.28. The lowest BCUT2D eigenvalue weighted by Crippen LogP contribution is -2.23. The summed E-state index contributed by atoms with van der Waals surface area (Å²) in [5.74, 6) is 0.569. The van der Waals surface area contributed by atoms with Crippen LogP contribution in [0.1, 0.15) is 22.6 Å². The molecule has 0 aliphatic carbocycles. The maximum atomic E-state index is 12.7. The van der Waals surface area contributed by atoms with Gasteiger partial charge in [-0.25, -0.2) is 12.7 Å². The molecule has 0 aromatic heterocycles. The van der Waals surface area contributed by atoms with E-state index in [1.807, 2.05) is 24.3 Å². The van der Waals surface area contributed by atoms with E-state index in [4.69, 9.17) is 4.74 Å². The fraction of sp³-hybridized carbons (Fsp3) is 0.368. The average Bonchev–Trinajstić information content (AvgIpc) is 2.83. The second kappa shape index (κ2) is 8.52. The number of rotatable bonds is 4. The van der Waals surface area contributed by atoms with Gasteiger partial charge in [0.2, 0.25) is 10.0 Å². The highest BCUT2D eigenvalue weighted by Crippen LogP contribution is 2.36. The Morgan fingerprint density at radius 2 is 1.85 bits per heavy atom. The lowest BCUT2D eigenvalue weighted by molar-refractivity contribution is 0.399. The molecule has 7 heteroatoms. The van der Waals surface area contributed by atoms with E-state index >= 15 is 0 Å². The van der Waals surface area contributed by atoms with Gasteiger partial charge in [0.1, 0.15) is 10.6 Å². The zero-order valence-corrected chi connectivity index (χ0v) is 17.8. The highest BCUT2D eigenvalue weighted by molar-refractivity contribution is 8.93. The largest absolute Gasteiger partial charge is 0.495 e. The molecule has 1 aliphatic rings. The number of nitrogens with zero attached hydrogens (tertiary/aromatic N) is 1. The van der Waals surface area contributed by atoms with Gasteiger partial charge in [-0.2, -0.15) is 0 Å². The molecule has 142 valence electrons. The average molecular weight is 441 g/mol. The number of benzene rings is 2. The van der Waals surface area contributed by atoms with E-state index in [0.717, 1.165) is 30.6 Å². The van der Waals surface area contributed by atoms with Crippen LogP contribution in [0, 0.1) is 0 Å². The number of hydrogen-bond donors (Lipinski definition) is 1. The third-order valence-electron chi connectivity index (χ3n) is 4.68. The molecule has 26 heavy (non-hydrogen) atoms. The van der Waals surface area contributed by atoms with Crippen LogP contribution >= 0.6 is 17.0 Å². The monoisotopic (exact) mass is 440 g/mol. The van der Waals surface area contributed by atoms with Crippen molar-refractivity contribution >= 4 is 27.0 Å². The van der Waals surface area contributed by atoms with Crippen LogP contribution in [0.15, 0.2) is 47.4 Å². The first-order chi connectivity index (χ1) is 11.9. The van der Waals surface area contributed by atoms with Crippen molar-refractivity contribution in [2.24, 2.45) is 0 Å². The molecule has 2 aromatic carbocycles. The fourth-order valence-corrected chi connectivity index (χ4v) is 4.36. The Balaban J connectivity index is 0.00000243. The highest BCUT2D eigenvalue weighted by atomic mass is 79.9. The zero-order valence-electron chi connectivity index (χ0n) is 15.2. The SMILES string of the molecule is Br.COc1cc2c(cc1S(=O)(=O)N(C)C)CCNCC2c1ccccc1. The second-order valence-electron chi connectivity index (χ2n) is 6.41. The lowest BCUT2D eigenvalue weighted by Gasteiger charge is -2.21. The molecule has 0 amide bonds. The summed E-state index contributed by atoms with van der Waals surface area (Å²) in [7, 11) is 1.03. The summed E-state index contributed by atoms with van der Waals surface area (Å²) in [6, 6.07) is 14.0. The minimum atomic E-state index is -3.56. The smallest absolute Gasteiger partial charge is 0.246 e. The summed E-state index contributed by atoms with van der Waals surface area (Å²) in [4.78, 5) is 0.229. The number of nitrogens with one attached hydrogen (secondary N) is 1. The van der Waals surface area contributed by atoms with Crippen LogP contribution < -0.4 is 10.1 Å². The van der Waals surface area contributed by atoms with Crippen molar-refractivity contribution in [1.29, 1.82) is 0 Å². The molecule has 1 unspecified atom stereocenters. The molecule has 0 saturated heterocycles. The maximum Gasteiger partial charge on any atom is 0.246 e. The quantitative estimate of drug-likeness (QED) is 0.793. The van der Waals surface area contributed by atoms with Gasteiger partial charge in [-0.1, -0.05) is 30.3 Å². The molecule has 5 nitrogen and oxygen atoms in total. The topological polar surface area (TPSA) is 58.6 Å². The molecule has 2 aromatic rings. The minimum Gasteiger partial charge on any atom is -0.495 e. The number of methoxy groups -OCH3 is 1. The standard InChI is InChI=1S/C19H24N2O3S.BrH/c1-21(2)25(22,23)19-11-15-9-10-20-13-17(14-7-5-4-6-8-14)16(15)12-18(19)24-3;/h4-8,11-12,17,20H,9-10,13H2,1-3H3;1H. The van der Waals surface area contributed by atoms with Crippen molar-refractivity contribution in [3.8, 4) is 5.75 Å². The molecule has 0 spiro atoms. The van der Waals surface area contributed by atoms with Crippen molar-refractivity contribution in [1.82, 2.24) is 9.62 Å². The van der Waals surface area contributed by atoms with Gasteiger partial charge in [-0.05, 0) is 41.8 Å². The van der Waals surface area contributed by atoms with E-state index in [0.29, 0.717) is 5.75 Å². The van der Waals surface area contributed by atoms with Crippen LogP contribution in [0.25, 0.3) is 0 Å². The van der Waals surface area contributed by atoms with Gasteiger partial charge in [-0.15, -0.1) is 17.0 Å². The number of sulfonamides is 1. The number of ether oxygens (including phenoxy) is 1. The summed E-state index contributed by atoms with van der Waals surface area (Å²) in [5, 5.41) is 3.46. The van der Waals surface area contributed by atoms with Crippen LogP contribution in [-0.2, 0) is 16.4 Å². The Kier molecular flexibility index (Phi) is 6.85. The van der Waals surface area contributed by atoms with Crippen molar-refractivity contribution < 1.29 is 13.2 Å². The van der Waals surface area contributed by atoms with Crippen molar-refractivity contribution in [2.75, 3.05) is 34.3 Å². The summed E-state index contributed by atoms with van der Waals surface area (Å²) >= 11 is 0. The summed E-state index contributed by atoms with van der Waals surface area (Å²) < 4.78 is 32.0. The molecule has 1 heterocycles. The van der Waals surface area contributed by atoms with E-state index in [2.05, 4.69) is 17.4 Å². The Bertz CT molecular complexity index is 855. The van der Waals surface area contributed by atoms with Crippen LogP contribution in [-0.4, -0.2) is 47.0 Å². The first kappa shape index (κ1) is 20.9. The third kappa shape index (κ3) is 3.96. The predicted octanol–water partition coefficient (Wildman–Crippen LogP) is 2.80. The van der Waals surface area contributed by atoms with Gasteiger partial charge in [0.05, 0.1) is 7.11 Å². The molecular formula is C19H25BrN2O3S. The first-order valence-corrected chi connectivity index (χ1v) is 9.78. The van der Waals surface area contributed by atoms with Crippen LogP contribution in [0.4, 0.5) is 0 Å². The van der Waals surface area contributed by atoms with Crippen LogP contribution in [0.3, 0.4) is 0 Å². The molecule has 1 N–H and O–H groups in total. The second-order valence-corrected chi connectivity index (χ2v) is 8.53. The van der Waals surface area contributed by atoms with Gasteiger partial charge in [-0.3, -0.25) is 0 Å². The van der Waals surface area contributed by atoms with Gasteiger partial charge < -0.3 is 10.1 Å². The Hall–Kier alpha value is -1.41. The minimum absolute atomic E-state index is 0. The highest BCUT2D eigenvalue weighted by Gasteiger charge is 2.28. The van der Waals surface area contributed by atoms with Crippen molar-refractivity contribution in [3.05, 3.63) is 59.2 Å². The van der Waals surface area contributed by atoms with E-state index in [-0.39, 0.29) is 27.8 Å². The third-order valence-corrected chi connectivity index (χ3v) is 6.52. The first-order valence-electron chi connectivity index (χ1n) is 8.34. The van der Waals surface area contributed by atoms with Gasteiger partial charge in [0.15, 0.2) is 0 Å². The molecule has 0 fully saturated rings. The molecule has 3 rings (SSSR count). The molecule has 1 atom stereocenters. The van der Waals surface area contributed by atoms with Crippen molar-refractivity contribution in [2.45, 2.75) is 17.2 Å². The zero-order chi connectivity index (χ0) is 18.0. The summed E-state index contributed by atoms with van der Waals surface area (Å²) in [6.07, 6.45) is 0.790. The van der Waals surface area contributed by atoms with Crippen LogP contribution in [0.5, 0.6) is 5.75 Å².